The van der Waals surface area contributed by atoms with Gasteiger partial charge in [-0.1, -0.05) is 38.0 Å². The molecule has 1 aromatic carbocycles. The molecular formula is C13H20N2O. The largest absolute Gasteiger partial charge is 0.348 e. The number of carbonyl (C=O) groups excluding carboxylic acids is 1. The van der Waals surface area contributed by atoms with Crippen LogP contribution in [-0.4, -0.2) is 18.5 Å². The molecule has 1 amide bonds. The van der Waals surface area contributed by atoms with Crippen molar-refractivity contribution in [2.45, 2.75) is 32.2 Å². The number of nitrogens with one attached hydrogen (secondary N) is 1. The van der Waals surface area contributed by atoms with Crippen LogP contribution in [0.4, 0.5) is 0 Å². The maximum atomic E-state index is 11.8. The second-order valence-corrected chi connectivity index (χ2v) is 3.91. The Bertz CT molecular complexity index is 311. The first-order valence-corrected chi connectivity index (χ1v) is 5.84. The van der Waals surface area contributed by atoms with Gasteiger partial charge in [0.05, 0.1) is 0 Å². The van der Waals surface area contributed by atoms with Gasteiger partial charge < -0.3 is 11.1 Å². The normalized spacial score (nSPS) is 12.1. The number of nitrogens with two attached hydrogens (primary N) is 1. The molecule has 0 saturated heterocycles. The molecule has 16 heavy (non-hydrogen) atoms. The summed E-state index contributed by atoms with van der Waals surface area (Å²) in [6, 6.07) is 9.32. The fraction of sp³-hybridized carbons (Fsp3) is 0.462. The molecule has 3 nitrogen and oxygen atoms in total. The lowest BCUT2D eigenvalue weighted by molar-refractivity contribution is 0.0936. The minimum atomic E-state index is -0.0350. The highest BCUT2D eigenvalue weighted by Gasteiger charge is 2.11. The monoisotopic (exact) mass is 220 g/mol. The van der Waals surface area contributed by atoms with Gasteiger partial charge in [0.15, 0.2) is 0 Å². The maximum Gasteiger partial charge on any atom is 0.251 e. The van der Waals surface area contributed by atoms with Crippen molar-refractivity contribution in [3.05, 3.63) is 35.9 Å². The summed E-state index contributed by atoms with van der Waals surface area (Å²) < 4.78 is 0. The van der Waals surface area contributed by atoms with E-state index in [0.29, 0.717) is 12.1 Å². The molecule has 0 aliphatic rings. The van der Waals surface area contributed by atoms with Gasteiger partial charge in [0.2, 0.25) is 0 Å². The van der Waals surface area contributed by atoms with E-state index in [-0.39, 0.29) is 11.9 Å². The standard InChI is InChI=1S/C13H20N2O/c1-2-3-9-12(10-14)15-13(16)11-7-5-4-6-8-11/h4-8,12H,2-3,9-10,14H2,1H3,(H,15,16). The molecule has 0 aliphatic carbocycles. The summed E-state index contributed by atoms with van der Waals surface area (Å²) in [5.74, 6) is -0.0350. The van der Waals surface area contributed by atoms with Crippen molar-refractivity contribution in [3.63, 3.8) is 0 Å². The van der Waals surface area contributed by atoms with E-state index in [2.05, 4.69) is 12.2 Å². The summed E-state index contributed by atoms with van der Waals surface area (Å²) >= 11 is 0. The first-order valence-electron chi connectivity index (χ1n) is 5.84. The molecule has 0 aliphatic heterocycles. The topological polar surface area (TPSA) is 55.1 Å². The van der Waals surface area contributed by atoms with E-state index >= 15 is 0 Å². The van der Waals surface area contributed by atoms with Crippen LogP contribution in [0.5, 0.6) is 0 Å². The van der Waals surface area contributed by atoms with Gasteiger partial charge in [-0.15, -0.1) is 0 Å². The molecule has 1 atom stereocenters. The molecule has 0 spiro atoms. The van der Waals surface area contributed by atoms with E-state index in [0.717, 1.165) is 19.3 Å². The van der Waals surface area contributed by atoms with Gasteiger partial charge in [-0.25, -0.2) is 0 Å². The summed E-state index contributed by atoms with van der Waals surface area (Å²) in [4.78, 5) is 11.8. The van der Waals surface area contributed by atoms with Gasteiger partial charge in [0.1, 0.15) is 0 Å². The fourth-order valence-corrected chi connectivity index (χ4v) is 1.56. The third kappa shape index (κ3) is 4.03. The second kappa shape index (κ2) is 7.01. The molecule has 3 N–H and O–H groups in total. The number of unbranched alkanes of at least 4 members (excludes halogenated alkanes) is 1. The second-order valence-electron chi connectivity index (χ2n) is 3.91. The number of hydrogen-bond donors (Lipinski definition) is 2. The van der Waals surface area contributed by atoms with Gasteiger partial charge >= 0.3 is 0 Å². The van der Waals surface area contributed by atoms with Gasteiger partial charge in [0, 0.05) is 18.2 Å². The molecule has 0 saturated carbocycles. The molecule has 1 unspecified atom stereocenters. The molecule has 3 heteroatoms. The Morgan fingerprint density at radius 1 is 1.38 bits per heavy atom. The van der Waals surface area contributed by atoms with E-state index in [1.807, 2.05) is 30.3 Å². The molecule has 0 radical (unpaired) electrons. The zero-order valence-corrected chi connectivity index (χ0v) is 9.78. The van der Waals surface area contributed by atoms with Crippen LogP contribution >= 0.6 is 0 Å². The third-order valence-electron chi connectivity index (χ3n) is 2.56. The van der Waals surface area contributed by atoms with Crippen LogP contribution in [0.25, 0.3) is 0 Å². The summed E-state index contributed by atoms with van der Waals surface area (Å²) in [6.07, 6.45) is 3.17. The zero-order valence-electron chi connectivity index (χ0n) is 9.78. The molecule has 1 rings (SSSR count). The Morgan fingerprint density at radius 2 is 2.06 bits per heavy atom. The van der Waals surface area contributed by atoms with E-state index in [4.69, 9.17) is 5.73 Å². The van der Waals surface area contributed by atoms with Crippen molar-refractivity contribution in [2.24, 2.45) is 5.73 Å². The first kappa shape index (κ1) is 12.7. The molecule has 1 aromatic rings. The van der Waals surface area contributed by atoms with Crippen molar-refractivity contribution in [1.82, 2.24) is 5.32 Å². The first-order chi connectivity index (χ1) is 7.77. The molecule has 0 bridgehead atoms. The lowest BCUT2D eigenvalue weighted by atomic mass is 10.1. The Balaban J connectivity index is 2.49. The SMILES string of the molecule is CCCCC(CN)NC(=O)c1ccccc1. The van der Waals surface area contributed by atoms with Crippen molar-refractivity contribution in [2.75, 3.05) is 6.54 Å². The number of rotatable bonds is 6. The molecule has 0 heterocycles. The Kier molecular flexibility index (Phi) is 5.57. The minimum Gasteiger partial charge on any atom is -0.348 e. The van der Waals surface area contributed by atoms with Crippen molar-refractivity contribution in [3.8, 4) is 0 Å². The van der Waals surface area contributed by atoms with Crippen LogP contribution in [0.1, 0.15) is 36.5 Å². The Morgan fingerprint density at radius 3 is 2.62 bits per heavy atom. The number of amides is 1. The molecule has 0 aromatic heterocycles. The van der Waals surface area contributed by atoms with Crippen molar-refractivity contribution >= 4 is 5.91 Å². The maximum absolute atomic E-state index is 11.8. The Labute approximate surface area is 97.0 Å². The Hall–Kier alpha value is -1.35. The van der Waals surface area contributed by atoms with Gasteiger partial charge in [-0.3, -0.25) is 4.79 Å². The number of carbonyl (C=O) groups is 1. The minimum absolute atomic E-state index is 0.0350. The van der Waals surface area contributed by atoms with Crippen molar-refractivity contribution < 1.29 is 4.79 Å². The third-order valence-corrected chi connectivity index (χ3v) is 2.56. The molecule has 0 fully saturated rings. The van der Waals surface area contributed by atoms with Crippen molar-refractivity contribution in [1.29, 1.82) is 0 Å². The lowest BCUT2D eigenvalue weighted by Crippen LogP contribution is -2.40. The van der Waals surface area contributed by atoms with Crippen LogP contribution in [-0.2, 0) is 0 Å². The predicted molar refractivity (Wildman–Crippen MR) is 66.3 cm³/mol. The van der Waals surface area contributed by atoms with Crippen LogP contribution in [0.2, 0.25) is 0 Å². The van der Waals surface area contributed by atoms with E-state index in [1.54, 1.807) is 0 Å². The average Bonchev–Trinajstić information content (AvgIpc) is 2.35. The van der Waals surface area contributed by atoms with Crippen LogP contribution in [0, 0.1) is 0 Å². The zero-order chi connectivity index (χ0) is 11.8. The van der Waals surface area contributed by atoms with Crippen LogP contribution < -0.4 is 11.1 Å². The average molecular weight is 220 g/mol. The van der Waals surface area contributed by atoms with E-state index in [9.17, 15) is 4.79 Å². The summed E-state index contributed by atoms with van der Waals surface area (Å²) in [5.41, 5.74) is 6.32. The lowest BCUT2D eigenvalue weighted by Gasteiger charge is -2.16. The van der Waals surface area contributed by atoms with Crippen LogP contribution in [0.15, 0.2) is 30.3 Å². The van der Waals surface area contributed by atoms with Gasteiger partial charge in [-0.05, 0) is 18.6 Å². The smallest absolute Gasteiger partial charge is 0.251 e. The van der Waals surface area contributed by atoms with E-state index in [1.165, 1.54) is 0 Å². The number of hydrogen-bond acceptors (Lipinski definition) is 2. The van der Waals surface area contributed by atoms with E-state index < -0.39 is 0 Å². The highest BCUT2D eigenvalue weighted by molar-refractivity contribution is 5.94. The number of benzene rings is 1. The molecular weight excluding hydrogens is 200 g/mol. The quantitative estimate of drug-likeness (QED) is 0.769. The highest BCUT2D eigenvalue weighted by Crippen LogP contribution is 2.02. The van der Waals surface area contributed by atoms with Crippen LogP contribution in [0.3, 0.4) is 0 Å². The summed E-state index contributed by atoms with van der Waals surface area (Å²) in [6.45, 7) is 2.63. The van der Waals surface area contributed by atoms with Gasteiger partial charge in [-0.2, -0.15) is 0 Å². The van der Waals surface area contributed by atoms with Gasteiger partial charge in [0.25, 0.3) is 5.91 Å². The predicted octanol–water partition coefficient (Wildman–Crippen LogP) is 1.93. The summed E-state index contributed by atoms with van der Waals surface area (Å²) in [7, 11) is 0. The summed E-state index contributed by atoms with van der Waals surface area (Å²) in [5, 5.41) is 2.95. The molecule has 88 valence electrons. The fourth-order valence-electron chi connectivity index (χ4n) is 1.56. The highest BCUT2D eigenvalue weighted by atomic mass is 16.1.